The number of anilines is 1. The molecule has 40 heavy (non-hydrogen) atoms. The molecule has 0 saturated carbocycles. The van der Waals surface area contributed by atoms with Crippen molar-refractivity contribution in [3.63, 3.8) is 0 Å². The second kappa shape index (κ2) is 11.8. The number of halogens is 2. The summed E-state index contributed by atoms with van der Waals surface area (Å²) in [5, 5.41) is 8.14. The molecule has 5 rings (SSSR count). The van der Waals surface area contributed by atoms with E-state index in [-0.39, 0.29) is 12.3 Å². The third-order valence-corrected chi connectivity index (χ3v) is 7.14. The predicted octanol–water partition coefficient (Wildman–Crippen LogP) is 6.82. The Morgan fingerprint density at radius 3 is 2.55 bits per heavy atom. The van der Waals surface area contributed by atoms with Crippen LogP contribution in [0.15, 0.2) is 84.6 Å². The van der Waals surface area contributed by atoms with Crippen molar-refractivity contribution in [2.75, 3.05) is 11.9 Å². The number of carbonyl (C=O) groups is 3. The van der Waals surface area contributed by atoms with Crippen LogP contribution >= 0.6 is 23.2 Å². The summed E-state index contributed by atoms with van der Waals surface area (Å²) < 4.78 is 6.13. The lowest BCUT2D eigenvalue weighted by Gasteiger charge is -2.14. The molecule has 4 aromatic rings. The fourth-order valence-electron chi connectivity index (χ4n) is 4.49. The highest BCUT2D eigenvalue weighted by atomic mass is 35.5. The van der Waals surface area contributed by atoms with Crippen LogP contribution in [-0.4, -0.2) is 29.3 Å². The van der Waals surface area contributed by atoms with Gasteiger partial charge in [-0.2, -0.15) is 0 Å². The van der Waals surface area contributed by atoms with E-state index >= 15 is 0 Å². The summed E-state index contributed by atoms with van der Waals surface area (Å²) in [4.78, 5) is 39.6. The van der Waals surface area contributed by atoms with Crippen molar-refractivity contribution in [1.82, 2.24) is 10.2 Å². The van der Waals surface area contributed by atoms with E-state index in [1.54, 1.807) is 36.4 Å². The number of hydrogen-bond acceptors (Lipinski definition) is 4. The summed E-state index contributed by atoms with van der Waals surface area (Å²) in [7, 11) is 0. The van der Waals surface area contributed by atoms with Crippen LogP contribution in [0.5, 0.6) is 5.75 Å². The minimum absolute atomic E-state index is 0.0393. The van der Waals surface area contributed by atoms with Crippen molar-refractivity contribution in [2.24, 2.45) is 0 Å². The molecule has 1 fully saturated rings. The fourth-order valence-corrected chi connectivity index (χ4v) is 4.95. The molecule has 4 amide bonds. The number of hydrogen-bond donors (Lipinski definition) is 2. The maximum atomic E-state index is 13.3. The number of ether oxygens (including phenoxy) is 1. The average Bonchev–Trinajstić information content (AvgIpc) is 3.20. The van der Waals surface area contributed by atoms with Gasteiger partial charge in [0, 0.05) is 26.9 Å². The summed E-state index contributed by atoms with van der Waals surface area (Å²) >= 11 is 12.3. The third-order valence-electron chi connectivity index (χ3n) is 6.55. The highest BCUT2D eigenvalue weighted by Gasteiger charge is 2.35. The molecular weight excluding hydrogens is 549 g/mol. The fraction of sp³-hybridized carbons (Fsp3) is 0.129. The lowest BCUT2D eigenvalue weighted by atomic mass is 10.0. The minimum atomic E-state index is -0.675. The maximum Gasteiger partial charge on any atom is 0.329 e. The van der Waals surface area contributed by atoms with Crippen LogP contribution in [0.25, 0.3) is 16.8 Å². The largest absolute Gasteiger partial charge is 0.488 e. The number of aryl methyl sites for hydroxylation is 1. The molecule has 1 aliphatic heterocycles. The lowest BCUT2D eigenvalue weighted by molar-refractivity contribution is -0.127. The Balaban J connectivity index is 1.40. The van der Waals surface area contributed by atoms with Crippen LogP contribution < -0.4 is 15.4 Å². The van der Waals surface area contributed by atoms with Crippen molar-refractivity contribution < 1.29 is 19.1 Å². The predicted molar refractivity (Wildman–Crippen MR) is 157 cm³/mol. The number of carbonyl (C=O) groups excluding carboxylic acids is 3. The van der Waals surface area contributed by atoms with E-state index in [0.717, 1.165) is 33.2 Å². The van der Waals surface area contributed by atoms with E-state index in [4.69, 9.17) is 27.9 Å². The van der Waals surface area contributed by atoms with E-state index in [1.165, 1.54) is 0 Å². The summed E-state index contributed by atoms with van der Waals surface area (Å²) in [6.45, 7) is 1.72. The monoisotopic (exact) mass is 573 g/mol. The molecule has 7 nitrogen and oxygen atoms in total. The number of rotatable bonds is 8. The Hall–Kier alpha value is -4.33. The van der Waals surface area contributed by atoms with Crippen LogP contribution in [0.2, 0.25) is 10.0 Å². The molecular formula is C31H25Cl2N3O4. The van der Waals surface area contributed by atoms with Gasteiger partial charge in [0.25, 0.3) is 5.91 Å². The van der Waals surface area contributed by atoms with Gasteiger partial charge in [-0.1, -0.05) is 84.7 Å². The summed E-state index contributed by atoms with van der Waals surface area (Å²) in [5.74, 6) is -0.588. The van der Waals surface area contributed by atoms with E-state index in [9.17, 15) is 14.4 Å². The first-order valence-corrected chi connectivity index (χ1v) is 13.4. The average molecular weight is 574 g/mol. The van der Waals surface area contributed by atoms with Crippen LogP contribution in [0.4, 0.5) is 10.5 Å². The molecule has 4 aromatic carbocycles. The topological polar surface area (TPSA) is 87.7 Å². The molecule has 0 spiro atoms. The number of amides is 4. The zero-order valence-corrected chi connectivity index (χ0v) is 23.1. The van der Waals surface area contributed by atoms with E-state index in [1.807, 2.05) is 55.5 Å². The molecule has 1 saturated heterocycles. The molecule has 0 bridgehead atoms. The van der Waals surface area contributed by atoms with Crippen molar-refractivity contribution in [3.05, 3.63) is 111 Å². The zero-order valence-electron chi connectivity index (χ0n) is 21.5. The van der Waals surface area contributed by atoms with Gasteiger partial charge in [-0.15, -0.1) is 0 Å². The van der Waals surface area contributed by atoms with Crippen molar-refractivity contribution in [1.29, 1.82) is 0 Å². The number of nitrogens with one attached hydrogen (secondary N) is 2. The Morgan fingerprint density at radius 1 is 0.975 bits per heavy atom. The first kappa shape index (κ1) is 27.2. The van der Waals surface area contributed by atoms with E-state index < -0.39 is 24.4 Å². The van der Waals surface area contributed by atoms with Crippen LogP contribution in [0.3, 0.4) is 0 Å². The molecule has 0 aromatic heterocycles. The molecule has 0 aliphatic carbocycles. The van der Waals surface area contributed by atoms with Gasteiger partial charge >= 0.3 is 6.03 Å². The number of benzene rings is 4. The number of nitrogens with zero attached hydrogens (tertiary/aromatic N) is 1. The van der Waals surface area contributed by atoms with Crippen molar-refractivity contribution >= 4 is 63.6 Å². The molecule has 9 heteroatoms. The van der Waals surface area contributed by atoms with Gasteiger partial charge in [-0.05, 0) is 53.1 Å². The van der Waals surface area contributed by atoms with Gasteiger partial charge in [0.2, 0.25) is 5.91 Å². The summed E-state index contributed by atoms with van der Waals surface area (Å²) in [6.07, 6.45) is 2.30. The number of imide groups is 1. The van der Waals surface area contributed by atoms with E-state index in [0.29, 0.717) is 27.0 Å². The molecule has 1 heterocycles. The minimum Gasteiger partial charge on any atom is -0.488 e. The highest BCUT2D eigenvalue weighted by molar-refractivity contribution is 6.35. The quantitative estimate of drug-likeness (QED) is 0.179. The van der Waals surface area contributed by atoms with Crippen LogP contribution in [-0.2, 0) is 22.6 Å². The molecule has 202 valence electrons. The number of urea groups is 1. The first-order valence-electron chi connectivity index (χ1n) is 12.6. The second-order valence-corrected chi connectivity index (χ2v) is 10.0. The molecule has 0 atom stereocenters. The number of fused-ring (bicyclic) bond motifs is 1. The van der Waals surface area contributed by atoms with Gasteiger partial charge < -0.3 is 15.4 Å². The highest BCUT2D eigenvalue weighted by Crippen LogP contribution is 2.32. The second-order valence-electron chi connectivity index (χ2n) is 9.16. The SMILES string of the molecule is CCc1ccccc1NC(=O)CN1C(=O)N/C(=C/c2c(OCc3ccc(Cl)cc3Cl)ccc3ccccc23)C1=O. The Kier molecular flexibility index (Phi) is 8.05. The van der Waals surface area contributed by atoms with Gasteiger partial charge in [0.1, 0.15) is 24.6 Å². The lowest BCUT2D eigenvalue weighted by Crippen LogP contribution is -2.38. The first-order chi connectivity index (χ1) is 19.3. The third kappa shape index (κ3) is 5.81. The van der Waals surface area contributed by atoms with E-state index in [2.05, 4.69) is 10.6 Å². The normalized spacial score (nSPS) is 14.1. The van der Waals surface area contributed by atoms with Gasteiger partial charge in [-0.3, -0.25) is 9.59 Å². The Bertz CT molecular complexity index is 1670. The smallest absolute Gasteiger partial charge is 0.329 e. The summed E-state index contributed by atoms with van der Waals surface area (Å²) in [5.41, 5.74) is 2.99. The summed E-state index contributed by atoms with van der Waals surface area (Å²) in [6, 6.07) is 23.2. The van der Waals surface area contributed by atoms with Gasteiger partial charge in [-0.25, -0.2) is 9.69 Å². The Morgan fingerprint density at radius 2 is 1.75 bits per heavy atom. The molecule has 2 N–H and O–H groups in total. The van der Waals surface area contributed by atoms with Gasteiger partial charge in [0.15, 0.2) is 0 Å². The molecule has 0 radical (unpaired) electrons. The standard InChI is InChI=1S/C31H25Cl2N3O4/c1-2-19-7-4-6-10-26(19)34-29(37)17-36-30(38)27(35-31(36)39)16-24-23-9-5-3-8-20(23)12-14-28(24)40-18-21-11-13-22(32)15-25(21)33/h3-16H,2,17-18H2,1H3,(H,34,37)(H,35,39)/b27-16+. The number of para-hydroxylation sites is 1. The zero-order chi connectivity index (χ0) is 28.2. The Labute approximate surface area is 241 Å². The van der Waals surface area contributed by atoms with Crippen molar-refractivity contribution in [2.45, 2.75) is 20.0 Å². The maximum absolute atomic E-state index is 13.3. The van der Waals surface area contributed by atoms with Gasteiger partial charge in [0.05, 0.1) is 0 Å². The molecule has 0 unspecified atom stereocenters. The molecule has 1 aliphatic rings. The van der Waals surface area contributed by atoms with Crippen LogP contribution in [0.1, 0.15) is 23.6 Å². The van der Waals surface area contributed by atoms with Crippen LogP contribution in [0, 0.1) is 0 Å². The van der Waals surface area contributed by atoms with Crippen molar-refractivity contribution in [3.8, 4) is 5.75 Å².